The van der Waals surface area contributed by atoms with E-state index < -0.39 is 5.97 Å². The van der Waals surface area contributed by atoms with Crippen molar-refractivity contribution in [2.24, 2.45) is 5.92 Å². The monoisotopic (exact) mass is 229 g/mol. The van der Waals surface area contributed by atoms with Crippen LogP contribution in [0.2, 0.25) is 0 Å². The van der Waals surface area contributed by atoms with Crippen molar-refractivity contribution in [2.45, 2.75) is 6.42 Å². The van der Waals surface area contributed by atoms with E-state index in [4.69, 9.17) is 5.11 Å². The Kier molecular flexibility index (Phi) is 4.10. The number of carboxylic acid groups (broad SMARTS) is 1. The van der Waals surface area contributed by atoms with Gasteiger partial charge in [-0.2, -0.15) is 0 Å². The average Bonchev–Trinajstić information content (AvgIpc) is 2.18. The average molecular weight is 229 g/mol. The zero-order chi connectivity index (χ0) is 12.1. The van der Waals surface area contributed by atoms with Crippen LogP contribution in [0.15, 0.2) is 0 Å². The molecular weight excluding hydrogens is 214 g/mol. The molecule has 3 N–H and O–H groups in total. The summed E-state index contributed by atoms with van der Waals surface area (Å²) in [6.45, 7) is 0.813. The first kappa shape index (κ1) is 12.3. The van der Waals surface area contributed by atoms with Crippen molar-refractivity contribution < 1.29 is 19.5 Å². The lowest BCUT2D eigenvalue weighted by atomic mass is 9.97. The minimum absolute atomic E-state index is 0.0308. The van der Waals surface area contributed by atoms with Gasteiger partial charge in [0.05, 0.1) is 13.0 Å². The predicted octanol–water partition coefficient (Wildman–Crippen LogP) is -1.15. The first-order valence-electron chi connectivity index (χ1n) is 4.98. The van der Waals surface area contributed by atoms with Crippen LogP contribution >= 0.6 is 0 Å². The second-order valence-electron chi connectivity index (χ2n) is 3.70. The number of rotatable bonds is 4. The first-order chi connectivity index (χ1) is 7.52. The Morgan fingerprint density at radius 2 is 2.00 bits per heavy atom. The van der Waals surface area contributed by atoms with E-state index in [1.807, 2.05) is 0 Å². The predicted molar refractivity (Wildman–Crippen MR) is 54.8 cm³/mol. The molecule has 1 fully saturated rings. The molecule has 1 aliphatic heterocycles. The standard InChI is InChI=1S/C9H15N3O4/c1-10-7(13)3-11-9(16)12-4-6(5-12)2-8(14)15/h6H,2-5H2,1H3,(H,10,13)(H,11,16)(H,14,15). The fraction of sp³-hybridized carbons (Fsp3) is 0.667. The topological polar surface area (TPSA) is 98.7 Å². The van der Waals surface area contributed by atoms with Crippen molar-refractivity contribution >= 4 is 17.9 Å². The van der Waals surface area contributed by atoms with Crippen molar-refractivity contribution in [3.8, 4) is 0 Å². The number of hydrogen-bond donors (Lipinski definition) is 3. The van der Waals surface area contributed by atoms with Crippen molar-refractivity contribution in [2.75, 3.05) is 26.7 Å². The Hall–Kier alpha value is -1.79. The van der Waals surface area contributed by atoms with E-state index in [0.717, 1.165) is 0 Å². The summed E-state index contributed by atoms with van der Waals surface area (Å²) in [5, 5.41) is 13.3. The molecule has 0 unspecified atom stereocenters. The second kappa shape index (κ2) is 5.34. The number of likely N-dealkylation sites (N-methyl/N-ethyl adjacent to an activating group) is 1. The summed E-state index contributed by atoms with van der Waals surface area (Å²) >= 11 is 0. The number of likely N-dealkylation sites (tertiary alicyclic amines) is 1. The highest BCUT2D eigenvalue weighted by Crippen LogP contribution is 2.18. The second-order valence-corrected chi connectivity index (χ2v) is 3.70. The lowest BCUT2D eigenvalue weighted by Crippen LogP contribution is -2.55. The van der Waals surface area contributed by atoms with Gasteiger partial charge in [-0.1, -0.05) is 0 Å². The summed E-state index contributed by atoms with van der Waals surface area (Å²) in [7, 11) is 1.49. The van der Waals surface area contributed by atoms with Crippen LogP contribution in [0.25, 0.3) is 0 Å². The lowest BCUT2D eigenvalue weighted by Gasteiger charge is -2.38. The van der Waals surface area contributed by atoms with Crippen LogP contribution < -0.4 is 10.6 Å². The first-order valence-corrected chi connectivity index (χ1v) is 4.98. The molecule has 0 spiro atoms. The van der Waals surface area contributed by atoms with Crippen LogP contribution in [-0.4, -0.2) is 54.6 Å². The SMILES string of the molecule is CNC(=O)CNC(=O)N1CC(CC(=O)O)C1. The maximum absolute atomic E-state index is 11.4. The Bertz CT molecular complexity index is 299. The number of carbonyl (C=O) groups excluding carboxylic acids is 2. The number of urea groups is 1. The molecule has 3 amide bonds. The number of amides is 3. The van der Waals surface area contributed by atoms with Gasteiger partial charge in [-0.15, -0.1) is 0 Å². The van der Waals surface area contributed by atoms with Gasteiger partial charge >= 0.3 is 12.0 Å². The van der Waals surface area contributed by atoms with Crippen LogP contribution in [0.3, 0.4) is 0 Å². The molecule has 1 heterocycles. The molecule has 0 aromatic heterocycles. The highest BCUT2D eigenvalue weighted by atomic mass is 16.4. The van der Waals surface area contributed by atoms with Gasteiger partial charge in [0.25, 0.3) is 0 Å². The van der Waals surface area contributed by atoms with E-state index in [9.17, 15) is 14.4 Å². The third kappa shape index (κ3) is 3.41. The third-order valence-corrected chi connectivity index (χ3v) is 2.39. The molecule has 0 aliphatic carbocycles. The summed E-state index contributed by atoms with van der Waals surface area (Å²) in [6, 6.07) is -0.328. The molecule has 7 nitrogen and oxygen atoms in total. The Morgan fingerprint density at radius 1 is 1.38 bits per heavy atom. The fourth-order valence-corrected chi connectivity index (χ4v) is 1.47. The van der Waals surface area contributed by atoms with E-state index in [1.54, 1.807) is 0 Å². The number of nitrogens with zero attached hydrogens (tertiary/aromatic N) is 1. The summed E-state index contributed by atoms with van der Waals surface area (Å²) < 4.78 is 0. The van der Waals surface area contributed by atoms with Gasteiger partial charge in [0.2, 0.25) is 5.91 Å². The van der Waals surface area contributed by atoms with E-state index in [2.05, 4.69) is 10.6 Å². The van der Waals surface area contributed by atoms with Crippen LogP contribution in [0.1, 0.15) is 6.42 Å². The molecule has 0 aromatic rings. The van der Waals surface area contributed by atoms with Crippen LogP contribution in [0.5, 0.6) is 0 Å². The maximum Gasteiger partial charge on any atom is 0.317 e. The maximum atomic E-state index is 11.4. The summed E-state index contributed by atoms with van der Waals surface area (Å²) in [5.41, 5.74) is 0. The molecule has 1 saturated heterocycles. The number of hydrogen-bond acceptors (Lipinski definition) is 3. The van der Waals surface area contributed by atoms with Gasteiger partial charge < -0.3 is 20.6 Å². The number of nitrogens with one attached hydrogen (secondary N) is 2. The molecule has 16 heavy (non-hydrogen) atoms. The van der Waals surface area contributed by atoms with Gasteiger partial charge in [-0.05, 0) is 0 Å². The molecular formula is C9H15N3O4. The van der Waals surface area contributed by atoms with Crippen molar-refractivity contribution in [3.05, 3.63) is 0 Å². The molecule has 0 aromatic carbocycles. The zero-order valence-corrected chi connectivity index (χ0v) is 9.02. The summed E-state index contributed by atoms with van der Waals surface area (Å²) in [6.07, 6.45) is 0.0826. The number of carbonyl (C=O) groups is 3. The number of aliphatic carboxylic acids is 1. The normalized spacial score (nSPS) is 15.2. The molecule has 0 radical (unpaired) electrons. The summed E-state index contributed by atoms with van der Waals surface area (Å²) in [5.74, 6) is -1.09. The smallest absolute Gasteiger partial charge is 0.317 e. The van der Waals surface area contributed by atoms with Crippen molar-refractivity contribution in [1.82, 2.24) is 15.5 Å². The van der Waals surface area contributed by atoms with E-state index in [-0.39, 0.29) is 30.8 Å². The summed E-state index contributed by atoms with van der Waals surface area (Å²) in [4.78, 5) is 34.0. The molecule has 1 aliphatic rings. The van der Waals surface area contributed by atoms with E-state index >= 15 is 0 Å². The van der Waals surface area contributed by atoms with Gasteiger partial charge in [0.15, 0.2) is 0 Å². The largest absolute Gasteiger partial charge is 0.481 e. The Morgan fingerprint density at radius 3 is 2.50 bits per heavy atom. The van der Waals surface area contributed by atoms with Gasteiger partial charge in [0, 0.05) is 26.1 Å². The molecule has 0 atom stereocenters. The molecule has 90 valence electrons. The van der Waals surface area contributed by atoms with Crippen LogP contribution in [0.4, 0.5) is 4.79 Å². The van der Waals surface area contributed by atoms with E-state index in [1.165, 1.54) is 11.9 Å². The van der Waals surface area contributed by atoms with Crippen LogP contribution in [0, 0.1) is 5.92 Å². The third-order valence-electron chi connectivity index (χ3n) is 2.39. The molecule has 7 heteroatoms. The van der Waals surface area contributed by atoms with Gasteiger partial charge in [-0.3, -0.25) is 9.59 Å². The molecule has 0 bridgehead atoms. The highest BCUT2D eigenvalue weighted by molar-refractivity contribution is 5.84. The fourth-order valence-electron chi connectivity index (χ4n) is 1.47. The quantitative estimate of drug-likeness (QED) is 0.566. The zero-order valence-electron chi connectivity index (χ0n) is 9.02. The van der Waals surface area contributed by atoms with Gasteiger partial charge in [0.1, 0.15) is 0 Å². The Balaban J connectivity index is 2.17. The van der Waals surface area contributed by atoms with Crippen molar-refractivity contribution in [3.63, 3.8) is 0 Å². The Labute approximate surface area is 92.8 Å². The minimum Gasteiger partial charge on any atom is -0.481 e. The van der Waals surface area contributed by atoms with Crippen molar-refractivity contribution in [1.29, 1.82) is 0 Å². The van der Waals surface area contributed by atoms with Gasteiger partial charge in [-0.25, -0.2) is 4.79 Å². The lowest BCUT2D eigenvalue weighted by molar-refractivity contribution is -0.139. The minimum atomic E-state index is -0.851. The number of carboxylic acids is 1. The molecule has 0 saturated carbocycles. The van der Waals surface area contributed by atoms with E-state index in [0.29, 0.717) is 13.1 Å². The highest BCUT2D eigenvalue weighted by Gasteiger charge is 2.31. The van der Waals surface area contributed by atoms with Crippen LogP contribution in [-0.2, 0) is 9.59 Å². The molecule has 1 rings (SSSR count).